The third-order valence-corrected chi connectivity index (χ3v) is 4.57. The molecule has 1 aliphatic heterocycles. The fourth-order valence-corrected chi connectivity index (χ4v) is 3.30. The number of halogens is 1. The van der Waals surface area contributed by atoms with Crippen LogP contribution in [0.2, 0.25) is 0 Å². The summed E-state index contributed by atoms with van der Waals surface area (Å²) in [5, 5.41) is 3.91. The average Bonchev–Trinajstić information content (AvgIpc) is 2.87. The standard InChI is InChI=1S/C18H21FN2O2/c1-12-16(13(2)23-20-12)11-18(22)21-9-4-3-8-17(21)14-6-5-7-15(19)10-14/h5-7,10,17H,3-4,8-9,11H2,1-2H3/t17-/m1/s1. The maximum atomic E-state index is 13.5. The van der Waals surface area contributed by atoms with Crippen LogP contribution in [0.1, 0.15) is 47.9 Å². The first-order valence-corrected chi connectivity index (χ1v) is 8.03. The van der Waals surface area contributed by atoms with E-state index in [0.717, 1.165) is 36.1 Å². The molecule has 0 unspecified atom stereocenters. The van der Waals surface area contributed by atoms with E-state index in [1.54, 1.807) is 6.07 Å². The molecule has 122 valence electrons. The summed E-state index contributed by atoms with van der Waals surface area (Å²) in [5.41, 5.74) is 2.49. The number of aromatic nitrogens is 1. The highest BCUT2D eigenvalue weighted by molar-refractivity contribution is 5.79. The van der Waals surface area contributed by atoms with Crippen molar-refractivity contribution in [3.05, 3.63) is 52.7 Å². The molecule has 1 aromatic heterocycles. The quantitative estimate of drug-likeness (QED) is 0.867. The maximum Gasteiger partial charge on any atom is 0.227 e. The minimum absolute atomic E-state index is 0.0487. The van der Waals surface area contributed by atoms with Gasteiger partial charge in [0.05, 0.1) is 18.2 Å². The van der Waals surface area contributed by atoms with E-state index in [4.69, 9.17) is 4.52 Å². The highest BCUT2D eigenvalue weighted by atomic mass is 19.1. The van der Waals surface area contributed by atoms with Crippen LogP contribution >= 0.6 is 0 Å². The van der Waals surface area contributed by atoms with Gasteiger partial charge in [-0.15, -0.1) is 0 Å². The molecule has 0 N–H and O–H groups in total. The molecule has 1 saturated heterocycles. The van der Waals surface area contributed by atoms with E-state index >= 15 is 0 Å². The summed E-state index contributed by atoms with van der Waals surface area (Å²) in [4.78, 5) is 14.7. The van der Waals surface area contributed by atoms with Gasteiger partial charge in [-0.3, -0.25) is 4.79 Å². The lowest BCUT2D eigenvalue weighted by Crippen LogP contribution is -2.39. The minimum atomic E-state index is -0.258. The van der Waals surface area contributed by atoms with Gasteiger partial charge in [0.25, 0.3) is 0 Å². The number of carbonyl (C=O) groups is 1. The number of aryl methyl sites for hydroxylation is 2. The molecule has 0 bridgehead atoms. The van der Waals surface area contributed by atoms with Gasteiger partial charge in [-0.1, -0.05) is 17.3 Å². The summed E-state index contributed by atoms with van der Waals surface area (Å²) >= 11 is 0. The van der Waals surface area contributed by atoms with Crippen molar-refractivity contribution in [3.63, 3.8) is 0 Å². The van der Waals surface area contributed by atoms with Gasteiger partial charge in [0.2, 0.25) is 5.91 Å². The molecule has 23 heavy (non-hydrogen) atoms. The second-order valence-corrected chi connectivity index (χ2v) is 6.13. The third-order valence-electron chi connectivity index (χ3n) is 4.57. The zero-order valence-corrected chi connectivity index (χ0v) is 13.5. The predicted octanol–water partition coefficient (Wildman–Crippen LogP) is 3.73. The molecule has 1 amide bonds. The van der Waals surface area contributed by atoms with Gasteiger partial charge in [0.15, 0.2) is 0 Å². The fraction of sp³-hybridized carbons (Fsp3) is 0.444. The number of amides is 1. The average molecular weight is 316 g/mol. The molecule has 2 heterocycles. The molecule has 2 aromatic rings. The van der Waals surface area contributed by atoms with Gasteiger partial charge in [-0.2, -0.15) is 0 Å². The van der Waals surface area contributed by atoms with Crippen LogP contribution in [0.4, 0.5) is 4.39 Å². The third kappa shape index (κ3) is 3.28. The minimum Gasteiger partial charge on any atom is -0.361 e. The highest BCUT2D eigenvalue weighted by Gasteiger charge is 2.29. The molecule has 1 atom stereocenters. The Bertz CT molecular complexity index is 691. The monoisotopic (exact) mass is 316 g/mol. The van der Waals surface area contributed by atoms with Crippen LogP contribution in [0.15, 0.2) is 28.8 Å². The van der Waals surface area contributed by atoms with Crippen molar-refractivity contribution < 1.29 is 13.7 Å². The first-order chi connectivity index (χ1) is 11.1. The van der Waals surface area contributed by atoms with Crippen LogP contribution in [0.25, 0.3) is 0 Å². The number of benzene rings is 1. The Morgan fingerprint density at radius 2 is 2.22 bits per heavy atom. The molecular weight excluding hydrogens is 295 g/mol. The van der Waals surface area contributed by atoms with Crippen molar-refractivity contribution in [1.29, 1.82) is 0 Å². The summed E-state index contributed by atoms with van der Waals surface area (Å²) < 4.78 is 18.7. The van der Waals surface area contributed by atoms with E-state index in [2.05, 4.69) is 5.16 Å². The lowest BCUT2D eigenvalue weighted by Gasteiger charge is -2.36. The van der Waals surface area contributed by atoms with Crippen LogP contribution in [-0.4, -0.2) is 22.5 Å². The molecule has 0 saturated carbocycles. The Labute approximate surface area is 135 Å². The first kappa shape index (κ1) is 15.7. The molecule has 1 aromatic carbocycles. The van der Waals surface area contributed by atoms with E-state index in [0.29, 0.717) is 12.3 Å². The van der Waals surface area contributed by atoms with Gasteiger partial charge in [-0.05, 0) is 50.8 Å². The summed E-state index contributed by atoms with van der Waals surface area (Å²) in [5.74, 6) is 0.481. The Hall–Kier alpha value is -2.17. The first-order valence-electron chi connectivity index (χ1n) is 8.03. The fourth-order valence-electron chi connectivity index (χ4n) is 3.30. The van der Waals surface area contributed by atoms with Gasteiger partial charge in [-0.25, -0.2) is 4.39 Å². The van der Waals surface area contributed by atoms with Crippen molar-refractivity contribution in [2.45, 2.75) is 45.6 Å². The second-order valence-electron chi connectivity index (χ2n) is 6.13. The van der Waals surface area contributed by atoms with Crippen molar-refractivity contribution in [1.82, 2.24) is 10.1 Å². The number of hydrogen-bond donors (Lipinski definition) is 0. The van der Waals surface area contributed by atoms with Crippen LogP contribution < -0.4 is 0 Å². The van der Waals surface area contributed by atoms with E-state index < -0.39 is 0 Å². The normalized spacial score (nSPS) is 18.2. The molecule has 1 aliphatic rings. The maximum absolute atomic E-state index is 13.5. The Morgan fingerprint density at radius 3 is 2.91 bits per heavy atom. The number of rotatable bonds is 3. The van der Waals surface area contributed by atoms with Crippen LogP contribution in [0.3, 0.4) is 0 Å². The topological polar surface area (TPSA) is 46.3 Å². The molecule has 5 heteroatoms. The summed E-state index contributed by atoms with van der Waals surface area (Å²) in [6.07, 6.45) is 3.19. The van der Waals surface area contributed by atoms with E-state index in [9.17, 15) is 9.18 Å². The largest absolute Gasteiger partial charge is 0.361 e. The molecule has 1 fully saturated rings. The van der Waals surface area contributed by atoms with Crippen molar-refractivity contribution >= 4 is 5.91 Å². The molecule has 0 spiro atoms. The van der Waals surface area contributed by atoms with Crippen molar-refractivity contribution in [3.8, 4) is 0 Å². The summed E-state index contributed by atoms with van der Waals surface area (Å²) in [6.45, 7) is 4.38. The number of likely N-dealkylation sites (tertiary alicyclic amines) is 1. The van der Waals surface area contributed by atoms with E-state index in [1.165, 1.54) is 12.1 Å². The van der Waals surface area contributed by atoms with Crippen LogP contribution in [-0.2, 0) is 11.2 Å². The van der Waals surface area contributed by atoms with E-state index in [-0.39, 0.29) is 24.2 Å². The van der Waals surface area contributed by atoms with Gasteiger partial charge < -0.3 is 9.42 Å². The lowest BCUT2D eigenvalue weighted by atomic mass is 9.94. The zero-order valence-electron chi connectivity index (χ0n) is 13.5. The zero-order chi connectivity index (χ0) is 16.4. The Balaban J connectivity index is 1.82. The molecule has 4 nitrogen and oxygen atoms in total. The Kier molecular flexibility index (Phi) is 4.46. The molecular formula is C18H21FN2O2. The smallest absolute Gasteiger partial charge is 0.227 e. The number of nitrogens with zero attached hydrogens (tertiary/aromatic N) is 2. The van der Waals surface area contributed by atoms with Crippen LogP contribution in [0, 0.1) is 19.7 Å². The second kappa shape index (κ2) is 6.52. The number of hydrogen-bond acceptors (Lipinski definition) is 3. The number of carbonyl (C=O) groups excluding carboxylic acids is 1. The van der Waals surface area contributed by atoms with Crippen LogP contribution in [0.5, 0.6) is 0 Å². The van der Waals surface area contributed by atoms with Gasteiger partial charge >= 0.3 is 0 Å². The lowest BCUT2D eigenvalue weighted by molar-refractivity contribution is -0.134. The number of piperidine rings is 1. The van der Waals surface area contributed by atoms with Gasteiger partial charge in [0, 0.05) is 12.1 Å². The molecule has 0 aliphatic carbocycles. The van der Waals surface area contributed by atoms with Gasteiger partial charge in [0.1, 0.15) is 11.6 Å². The van der Waals surface area contributed by atoms with Crippen molar-refractivity contribution in [2.75, 3.05) is 6.54 Å². The Morgan fingerprint density at radius 1 is 1.39 bits per heavy atom. The molecule has 0 radical (unpaired) electrons. The van der Waals surface area contributed by atoms with E-state index in [1.807, 2.05) is 24.8 Å². The van der Waals surface area contributed by atoms with Crippen molar-refractivity contribution in [2.24, 2.45) is 0 Å². The molecule has 3 rings (SSSR count). The highest BCUT2D eigenvalue weighted by Crippen LogP contribution is 2.32. The predicted molar refractivity (Wildman–Crippen MR) is 84.4 cm³/mol. The summed E-state index contributed by atoms with van der Waals surface area (Å²) in [7, 11) is 0. The summed E-state index contributed by atoms with van der Waals surface area (Å²) in [6, 6.07) is 6.52. The SMILES string of the molecule is Cc1noc(C)c1CC(=O)N1CCCC[C@@H]1c1cccc(F)c1.